The Labute approximate surface area is 215 Å². The van der Waals surface area contributed by atoms with Gasteiger partial charge >= 0.3 is 12.1 Å². The van der Waals surface area contributed by atoms with E-state index in [-0.39, 0.29) is 30.1 Å². The normalized spacial score (nSPS) is 23.4. The van der Waals surface area contributed by atoms with E-state index >= 15 is 0 Å². The molecule has 3 fully saturated rings. The highest BCUT2D eigenvalue weighted by Crippen LogP contribution is 2.47. The fourth-order valence-corrected chi connectivity index (χ4v) is 5.53. The number of ether oxygens (including phenoxy) is 3. The van der Waals surface area contributed by atoms with Gasteiger partial charge in [0, 0.05) is 37.1 Å². The third kappa shape index (κ3) is 7.10. The Kier molecular flexibility index (Phi) is 9.43. The number of carbonyl (C=O) groups is 2. The zero-order valence-corrected chi connectivity index (χ0v) is 21.7. The number of piperidine rings is 1. The average molecular weight is 499 g/mol. The van der Waals surface area contributed by atoms with Crippen molar-refractivity contribution in [1.82, 2.24) is 9.80 Å². The van der Waals surface area contributed by atoms with Gasteiger partial charge in [0.15, 0.2) is 0 Å². The molecule has 3 aliphatic rings. The van der Waals surface area contributed by atoms with Gasteiger partial charge in [-0.2, -0.15) is 0 Å². The van der Waals surface area contributed by atoms with E-state index in [1.807, 2.05) is 11.0 Å². The minimum absolute atomic E-state index is 0.122. The fourth-order valence-electron chi connectivity index (χ4n) is 5.53. The van der Waals surface area contributed by atoms with Crippen molar-refractivity contribution >= 4 is 12.1 Å². The van der Waals surface area contributed by atoms with Gasteiger partial charge in [-0.05, 0) is 56.7 Å². The minimum atomic E-state index is -0.259. The van der Waals surface area contributed by atoms with Crippen molar-refractivity contribution in [1.29, 1.82) is 0 Å². The quantitative estimate of drug-likeness (QED) is 0.292. The molecule has 4 rings (SSSR count). The lowest BCUT2D eigenvalue weighted by Gasteiger charge is -2.44. The Morgan fingerprint density at radius 3 is 2.58 bits per heavy atom. The number of carbonyl (C=O) groups excluding carboxylic acids is 2. The van der Waals surface area contributed by atoms with Gasteiger partial charge in [0.05, 0.1) is 20.1 Å². The molecule has 1 aromatic carbocycles. The summed E-state index contributed by atoms with van der Waals surface area (Å²) in [6, 6.07) is 10.6. The maximum Gasteiger partial charge on any atom is 0.410 e. The predicted octanol–water partition coefficient (Wildman–Crippen LogP) is 4.63. The maximum absolute atomic E-state index is 13.2. The Morgan fingerprint density at radius 1 is 1.19 bits per heavy atom. The van der Waals surface area contributed by atoms with Crippen molar-refractivity contribution in [3.8, 4) is 0 Å². The molecular formula is C29H42N2O5. The second-order valence-electron chi connectivity index (χ2n) is 10.8. The van der Waals surface area contributed by atoms with Crippen LogP contribution in [0.5, 0.6) is 0 Å². The highest BCUT2D eigenvalue weighted by atomic mass is 16.6. The lowest BCUT2D eigenvalue weighted by atomic mass is 9.78. The summed E-state index contributed by atoms with van der Waals surface area (Å²) < 4.78 is 16.7. The van der Waals surface area contributed by atoms with Crippen molar-refractivity contribution in [2.75, 3.05) is 53.1 Å². The molecule has 0 bridgehead atoms. The summed E-state index contributed by atoms with van der Waals surface area (Å²) in [6.45, 7) is 8.48. The molecule has 0 aromatic heterocycles. The van der Waals surface area contributed by atoms with E-state index < -0.39 is 0 Å². The van der Waals surface area contributed by atoms with Gasteiger partial charge in [0.1, 0.15) is 6.61 Å². The monoisotopic (exact) mass is 498 g/mol. The zero-order valence-electron chi connectivity index (χ0n) is 21.7. The number of likely N-dealkylation sites (tertiary alicyclic amines) is 1. The van der Waals surface area contributed by atoms with Gasteiger partial charge < -0.3 is 24.0 Å². The summed E-state index contributed by atoms with van der Waals surface area (Å²) >= 11 is 0. The van der Waals surface area contributed by atoms with Gasteiger partial charge in [0.25, 0.3) is 0 Å². The van der Waals surface area contributed by atoms with E-state index in [0.717, 1.165) is 39.0 Å². The highest BCUT2D eigenvalue weighted by Gasteiger charge is 2.49. The molecule has 7 heteroatoms. The van der Waals surface area contributed by atoms with E-state index in [4.69, 9.17) is 14.2 Å². The van der Waals surface area contributed by atoms with Crippen molar-refractivity contribution in [3.63, 3.8) is 0 Å². The Morgan fingerprint density at radius 2 is 1.94 bits per heavy atom. The van der Waals surface area contributed by atoms with Crippen LogP contribution in [0.4, 0.5) is 4.79 Å². The number of hydrogen-bond acceptors (Lipinski definition) is 6. The number of benzene rings is 1. The van der Waals surface area contributed by atoms with Gasteiger partial charge in [-0.25, -0.2) is 4.79 Å². The molecule has 36 heavy (non-hydrogen) atoms. The second kappa shape index (κ2) is 12.7. The van der Waals surface area contributed by atoms with Gasteiger partial charge in [0.2, 0.25) is 0 Å². The first-order chi connectivity index (χ1) is 17.5. The Balaban J connectivity index is 1.44. The molecule has 7 nitrogen and oxygen atoms in total. The first kappa shape index (κ1) is 26.7. The molecule has 2 aliphatic carbocycles. The zero-order chi connectivity index (χ0) is 25.4. The van der Waals surface area contributed by atoms with Crippen LogP contribution in [0.1, 0.15) is 56.4 Å². The summed E-state index contributed by atoms with van der Waals surface area (Å²) in [4.78, 5) is 29.2. The number of nitrogens with zero attached hydrogens (tertiary/aromatic N) is 2. The molecule has 0 radical (unpaired) electrons. The number of amides is 1. The molecule has 0 N–H and O–H groups in total. The molecule has 0 spiro atoms. The Bertz CT molecular complexity index is 864. The molecule has 1 saturated heterocycles. The van der Waals surface area contributed by atoms with E-state index in [2.05, 4.69) is 35.7 Å². The number of hydrogen-bond donors (Lipinski definition) is 0. The smallest absolute Gasteiger partial charge is 0.410 e. The van der Waals surface area contributed by atoms with Crippen LogP contribution in [0.3, 0.4) is 0 Å². The van der Waals surface area contributed by atoms with E-state index in [9.17, 15) is 9.59 Å². The topological polar surface area (TPSA) is 68.3 Å². The largest absolute Gasteiger partial charge is 0.469 e. The van der Waals surface area contributed by atoms with Gasteiger partial charge in [-0.15, -0.1) is 0 Å². The average Bonchev–Trinajstić information content (AvgIpc) is 3.68. The van der Waals surface area contributed by atoms with E-state index in [1.165, 1.54) is 31.9 Å². The molecule has 1 heterocycles. The third-order valence-corrected chi connectivity index (χ3v) is 8.21. The summed E-state index contributed by atoms with van der Waals surface area (Å²) in [5.41, 5.74) is 1.15. The molecule has 0 unspecified atom stereocenters. The molecular weight excluding hydrogens is 456 g/mol. The highest BCUT2D eigenvalue weighted by molar-refractivity contribution is 5.69. The van der Waals surface area contributed by atoms with Gasteiger partial charge in [-0.3, -0.25) is 4.79 Å². The van der Waals surface area contributed by atoms with Crippen molar-refractivity contribution < 1.29 is 23.8 Å². The third-order valence-electron chi connectivity index (χ3n) is 8.21. The van der Waals surface area contributed by atoms with Crippen molar-refractivity contribution in [2.24, 2.45) is 11.3 Å². The number of rotatable bonds is 13. The summed E-state index contributed by atoms with van der Waals surface area (Å²) in [5.74, 6) is 0.852. The van der Waals surface area contributed by atoms with Crippen LogP contribution < -0.4 is 0 Å². The van der Waals surface area contributed by atoms with Crippen LogP contribution in [-0.4, -0.2) is 81.0 Å². The Hall–Kier alpha value is -2.38. The first-order valence-electron chi connectivity index (χ1n) is 13.5. The van der Waals surface area contributed by atoms with Crippen LogP contribution >= 0.6 is 0 Å². The fraction of sp³-hybridized carbons (Fsp3) is 0.655. The molecule has 1 aliphatic heterocycles. The summed E-state index contributed by atoms with van der Waals surface area (Å²) in [5, 5.41) is 0. The summed E-state index contributed by atoms with van der Waals surface area (Å²) in [7, 11) is 1.43. The lowest BCUT2D eigenvalue weighted by molar-refractivity contribution is -0.141. The van der Waals surface area contributed by atoms with Crippen molar-refractivity contribution in [3.05, 3.63) is 48.6 Å². The van der Waals surface area contributed by atoms with Crippen molar-refractivity contribution in [2.45, 2.75) is 56.9 Å². The predicted molar refractivity (Wildman–Crippen MR) is 139 cm³/mol. The molecule has 1 aromatic rings. The SMILES string of the molecule is C=CCOC(=O)N(CC1(COCC2CCC2)CCN(CCC(=O)OC)CC1)[C@@H]1C[C@H]1c1ccccc1. The minimum Gasteiger partial charge on any atom is -0.469 e. The van der Waals surface area contributed by atoms with Crippen LogP contribution in [0.2, 0.25) is 0 Å². The van der Waals surface area contributed by atoms with E-state index in [1.54, 1.807) is 6.08 Å². The lowest BCUT2D eigenvalue weighted by Crippen LogP contribution is -2.51. The van der Waals surface area contributed by atoms with E-state index in [0.29, 0.717) is 38.0 Å². The van der Waals surface area contributed by atoms with Crippen LogP contribution in [0, 0.1) is 11.3 Å². The maximum atomic E-state index is 13.2. The van der Waals surface area contributed by atoms with Gasteiger partial charge in [-0.1, -0.05) is 49.4 Å². The molecule has 2 atom stereocenters. The number of methoxy groups -OCH3 is 1. The van der Waals surface area contributed by atoms with Crippen LogP contribution in [0.15, 0.2) is 43.0 Å². The first-order valence-corrected chi connectivity index (χ1v) is 13.5. The standard InChI is InChI=1S/C29H42N2O5/c1-3-18-36-28(33)31(26-19-25(26)24-10-5-4-6-11-24)21-29(22-35-20-23-8-7-9-23)13-16-30(17-14-29)15-12-27(32)34-2/h3-6,10-11,23,25-26H,1,7-9,12-22H2,2H3/t25-,26+/m0/s1. The summed E-state index contributed by atoms with van der Waals surface area (Å²) in [6.07, 6.45) is 8.39. The molecule has 1 amide bonds. The molecule has 2 saturated carbocycles. The van der Waals surface area contributed by atoms with Crippen LogP contribution in [0.25, 0.3) is 0 Å². The number of esters is 1. The second-order valence-corrected chi connectivity index (χ2v) is 10.8. The molecule has 198 valence electrons. The van der Waals surface area contributed by atoms with Crippen LogP contribution in [-0.2, 0) is 19.0 Å².